The summed E-state index contributed by atoms with van der Waals surface area (Å²) < 4.78 is 13.3. The van der Waals surface area contributed by atoms with Crippen molar-refractivity contribution in [2.75, 3.05) is 13.2 Å². The molecule has 2 aromatic heterocycles. The maximum Gasteiger partial charge on any atom is 0.338 e. The van der Waals surface area contributed by atoms with Crippen molar-refractivity contribution in [1.82, 2.24) is 4.57 Å². The van der Waals surface area contributed by atoms with Gasteiger partial charge in [-0.2, -0.15) is 0 Å². The Morgan fingerprint density at radius 3 is 2.65 bits per heavy atom. The predicted octanol–water partition coefficient (Wildman–Crippen LogP) is 4.43. The maximum absolute atomic E-state index is 13.5. The van der Waals surface area contributed by atoms with E-state index in [1.54, 1.807) is 18.4 Å². The smallest absolute Gasteiger partial charge is 0.338 e. The average Bonchev–Trinajstić information content (AvgIpc) is 3.46. The summed E-state index contributed by atoms with van der Waals surface area (Å²) in [7, 11) is 0. The first-order valence-electron chi connectivity index (χ1n) is 11.5. The molecule has 178 valence electrons. The molecule has 1 atom stereocenters. The number of thiazole rings is 1. The summed E-state index contributed by atoms with van der Waals surface area (Å²) in [5.41, 5.74) is 1.72. The van der Waals surface area contributed by atoms with Crippen molar-refractivity contribution in [2.45, 2.75) is 46.1 Å². The van der Waals surface area contributed by atoms with E-state index in [0.29, 0.717) is 27.2 Å². The molecular weight excluding hydrogens is 468 g/mol. The third kappa shape index (κ3) is 5.08. The third-order valence-electron chi connectivity index (χ3n) is 5.52. The number of esters is 1. The summed E-state index contributed by atoms with van der Waals surface area (Å²) in [4.78, 5) is 32.4. The number of hydrogen-bond acceptors (Lipinski definition) is 7. The van der Waals surface area contributed by atoms with Gasteiger partial charge in [0.2, 0.25) is 0 Å². The van der Waals surface area contributed by atoms with Gasteiger partial charge in [0.05, 0.1) is 29.0 Å². The van der Waals surface area contributed by atoms with E-state index in [0.717, 1.165) is 35.5 Å². The number of ether oxygens (including phenoxy) is 2. The number of thiophene rings is 1. The van der Waals surface area contributed by atoms with Crippen LogP contribution in [-0.4, -0.2) is 23.8 Å². The Morgan fingerprint density at radius 2 is 1.97 bits per heavy atom. The molecule has 1 aliphatic rings. The summed E-state index contributed by atoms with van der Waals surface area (Å²) in [5.74, 6) is 0.382. The number of allylic oxidation sites excluding steroid dienone is 1. The van der Waals surface area contributed by atoms with Gasteiger partial charge >= 0.3 is 5.97 Å². The zero-order valence-electron chi connectivity index (χ0n) is 19.6. The van der Waals surface area contributed by atoms with E-state index in [-0.39, 0.29) is 12.2 Å². The van der Waals surface area contributed by atoms with E-state index >= 15 is 0 Å². The second-order valence-electron chi connectivity index (χ2n) is 7.94. The Kier molecular flexibility index (Phi) is 7.80. The number of fused-ring (bicyclic) bond motifs is 1. The second kappa shape index (κ2) is 11.0. The topological polar surface area (TPSA) is 69.9 Å². The molecule has 3 heterocycles. The van der Waals surface area contributed by atoms with Crippen molar-refractivity contribution in [3.05, 3.63) is 83.2 Å². The number of carbonyl (C=O) groups is 1. The quantitative estimate of drug-likeness (QED) is 0.325. The lowest BCUT2D eigenvalue weighted by Crippen LogP contribution is -2.39. The zero-order valence-corrected chi connectivity index (χ0v) is 21.2. The lowest BCUT2D eigenvalue weighted by molar-refractivity contribution is -0.139. The summed E-state index contributed by atoms with van der Waals surface area (Å²) >= 11 is 2.83. The standard InChI is InChI=1S/C26H28N2O4S2/c1-4-6-7-14-32-19-12-10-18(11-13-19)16-21-24(29)28-23(20-9-8-15-33-20)22(25(30)31-5-2)17(3)27-26(28)34-21/h8-13,15-16,23H,4-7,14H2,1-3H3/b21-16+. The van der Waals surface area contributed by atoms with Crippen molar-refractivity contribution in [3.8, 4) is 5.75 Å². The maximum atomic E-state index is 13.5. The van der Waals surface area contributed by atoms with Crippen LogP contribution >= 0.6 is 22.7 Å². The molecule has 0 N–H and O–H groups in total. The molecule has 34 heavy (non-hydrogen) atoms. The molecule has 3 aromatic rings. The first-order valence-corrected chi connectivity index (χ1v) is 13.2. The van der Waals surface area contributed by atoms with Gasteiger partial charge in [0.15, 0.2) is 4.80 Å². The highest BCUT2D eigenvalue weighted by Gasteiger charge is 2.33. The molecule has 0 amide bonds. The van der Waals surface area contributed by atoms with Gasteiger partial charge in [-0.3, -0.25) is 9.36 Å². The SMILES string of the molecule is CCCCCOc1ccc(/C=c2/sc3n(c2=O)C(c2cccs2)C(C(=O)OCC)=C(C)N=3)cc1. The Balaban J connectivity index is 1.70. The minimum absolute atomic E-state index is 0.170. The van der Waals surface area contributed by atoms with E-state index in [1.165, 1.54) is 22.7 Å². The van der Waals surface area contributed by atoms with Crippen LogP contribution in [0, 0.1) is 0 Å². The Bertz CT molecular complexity index is 1350. The molecule has 6 nitrogen and oxygen atoms in total. The normalized spacial score (nSPS) is 15.7. The van der Waals surface area contributed by atoms with Crippen molar-refractivity contribution >= 4 is 34.7 Å². The van der Waals surface area contributed by atoms with E-state index in [4.69, 9.17) is 9.47 Å². The van der Waals surface area contributed by atoms with Crippen LogP contribution in [0.2, 0.25) is 0 Å². The van der Waals surface area contributed by atoms with Crippen LogP contribution in [0.5, 0.6) is 5.75 Å². The fourth-order valence-corrected chi connectivity index (χ4v) is 5.73. The number of carbonyl (C=O) groups excluding carboxylic acids is 1. The van der Waals surface area contributed by atoms with Gasteiger partial charge in [-0.05, 0) is 55.5 Å². The molecule has 0 radical (unpaired) electrons. The van der Waals surface area contributed by atoms with Gasteiger partial charge in [-0.25, -0.2) is 9.79 Å². The molecule has 0 spiro atoms. The molecule has 4 rings (SSSR count). The average molecular weight is 497 g/mol. The zero-order chi connectivity index (χ0) is 24.1. The van der Waals surface area contributed by atoms with Gasteiger partial charge < -0.3 is 9.47 Å². The number of aromatic nitrogens is 1. The highest BCUT2D eigenvalue weighted by molar-refractivity contribution is 7.10. The van der Waals surface area contributed by atoms with Gasteiger partial charge in [-0.1, -0.05) is 49.3 Å². The van der Waals surface area contributed by atoms with E-state index in [2.05, 4.69) is 11.9 Å². The highest BCUT2D eigenvalue weighted by atomic mass is 32.1. The van der Waals surface area contributed by atoms with Crippen LogP contribution in [0.1, 0.15) is 56.5 Å². The molecular formula is C26H28N2O4S2. The van der Waals surface area contributed by atoms with Crippen molar-refractivity contribution < 1.29 is 14.3 Å². The van der Waals surface area contributed by atoms with Crippen molar-refractivity contribution in [2.24, 2.45) is 4.99 Å². The monoisotopic (exact) mass is 496 g/mol. The van der Waals surface area contributed by atoms with Crippen LogP contribution in [-0.2, 0) is 9.53 Å². The first kappa shape index (κ1) is 24.2. The molecule has 0 bridgehead atoms. The molecule has 8 heteroatoms. The van der Waals surface area contributed by atoms with Gasteiger partial charge in [0, 0.05) is 4.88 Å². The second-order valence-corrected chi connectivity index (χ2v) is 9.93. The largest absolute Gasteiger partial charge is 0.494 e. The molecule has 1 unspecified atom stereocenters. The third-order valence-corrected chi connectivity index (χ3v) is 7.43. The molecule has 0 aliphatic carbocycles. The predicted molar refractivity (Wildman–Crippen MR) is 136 cm³/mol. The molecule has 0 saturated heterocycles. The van der Waals surface area contributed by atoms with Crippen LogP contribution in [0.4, 0.5) is 0 Å². The van der Waals surface area contributed by atoms with Crippen LogP contribution in [0.25, 0.3) is 6.08 Å². The lowest BCUT2D eigenvalue weighted by Gasteiger charge is -2.23. The summed E-state index contributed by atoms with van der Waals surface area (Å²) in [6, 6.07) is 11.0. The highest BCUT2D eigenvalue weighted by Crippen LogP contribution is 2.33. The molecule has 1 aliphatic heterocycles. The molecule has 0 saturated carbocycles. The molecule has 1 aromatic carbocycles. The van der Waals surface area contributed by atoms with Crippen molar-refractivity contribution in [3.63, 3.8) is 0 Å². The fourth-order valence-electron chi connectivity index (χ4n) is 3.86. The molecule has 0 fully saturated rings. The fraction of sp³-hybridized carbons (Fsp3) is 0.346. The van der Waals surface area contributed by atoms with Gasteiger partial charge in [0.25, 0.3) is 5.56 Å². The number of rotatable bonds is 9. The van der Waals surface area contributed by atoms with Gasteiger partial charge in [-0.15, -0.1) is 11.3 Å². The van der Waals surface area contributed by atoms with E-state index < -0.39 is 12.0 Å². The lowest BCUT2D eigenvalue weighted by atomic mass is 10.0. The van der Waals surface area contributed by atoms with E-state index in [1.807, 2.05) is 47.9 Å². The Hall–Kier alpha value is -2.97. The number of hydrogen-bond donors (Lipinski definition) is 0. The summed E-state index contributed by atoms with van der Waals surface area (Å²) in [5, 5.41) is 1.94. The first-order chi connectivity index (χ1) is 16.5. The number of nitrogens with zero attached hydrogens (tertiary/aromatic N) is 2. The van der Waals surface area contributed by atoms with Crippen LogP contribution < -0.4 is 19.6 Å². The minimum atomic E-state index is -0.545. The van der Waals surface area contributed by atoms with Crippen molar-refractivity contribution in [1.29, 1.82) is 0 Å². The van der Waals surface area contributed by atoms with Gasteiger partial charge in [0.1, 0.15) is 11.8 Å². The van der Waals surface area contributed by atoms with Crippen LogP contribution in [0.15, 0.2) is 62.8 Å². The number of unbranched alkanes of at least 4 members (excludes halogenated alkanes) is 2. The minimum Gasteiger partial charge on any atom is -0.494 e. The Morgan fingerprint density at radius 1 is 1.18 bits per heavy atom. The Labute approximate surface area is 206 Å². The summed E-state index contributed by atoms with van der Waals surface area (Å²) in [6.07, 6.45) is 5.22. The van der Waals surface area contributed by atoms with Crippen LogP contribution in [0.3, 0.4) is 0 Å². The number of benzene rings is 1. The van der Waals surface area contributed by atoms with E-state index in [9.17, 15) is 9.59 Å². The summed E-state index contributed by atoms with van der Waals surface area (Å²) in [6.45, 7) is 6.70.